The molecule has 0 bridgehead atoms. The third-order valence-corrected chi connectivity index (χ3v) is 4.80. The average molecular weight is 281 g/mol. The Morgan fingerprint density at radius 1 is 1.21 bits per heavy atom. The van der Waals surface area contributed by atoms with Gasteiger partial charge in [-0.15, -0.1) is 0 Å². The van der Waals surface area contributed by atoms with Gasteiger partial charge in [-0.1, -0.05) is 0 Å². The molecule has 1 aromatic rings. The summed E-state index contributed by atoms with van der Waals surface area (Å²) in [5, 5.41) is 0. The van der Waals surface area contributed by atoms with E-state index >= 15 is 0 Å². The highest BCUT2D eigenvalue weighted by Crippen LogP contribution is 2.29. The van der Waals surface area contributed by atoms with Gasteiger partial charge in [-0.25, -0.2) is 8.42 Å². The molecule has 0 aliphatic carbocycles. The van der Waals surface area contributed by atoms with Crippen LogP contribution in [0.3, 0.4) is 0 Å². The molecule has 19 heavy (non-hydrogen) atoms. The van der Waals surface area contributed by atoms with Crippen molar-refractivity contribution in [2.24, 2.45) is 0 Å². The van der Waals surface area contributed by atoms with E-state index in [2.05, 4.69) is 13.8 Å². The number of likely N-dealkylation sites (tertiary alicyclic amines) is 1. The first-order valence-corrected chi connectivity index (χ1v) is 8.23. The number of carbonyl (C=O) groups excluding carboxylic acids is 1. The molecule has 0 N–H and O–H groups in total. The van der Waals surface area contributed by atoms with E-state index in [0.717, 1.165) is 25.6 Å². The van der Waals surface area contributed by atoms with Gasteiger partial charge >= 0.3 is 0 Å². The zero-order valence-electron chi connectivity index (χ0n) is 11.5. The van der Waals surface area contributed by atoms with Crippen LogP contribution in [0.1, 0.15) is 37.0 Å². The Morgan fingerprint density at radius 3 is 2.21 bits per heavy atom. The summed E-state index contributed by atoms with van der Waals surface area (Å²) in [6.45, 7) is 4.88. The highest BCUT2D eigenvalue weighted by atomic mass is 32.2. The van der Waals surface area contributed by atoms with Crippen molar-refractivity contribution in [3.8, 4) is 0 Å². The van der Waals surface area contributed by atoms with Crippen molar-refractivity contribution < 1.29 is 13.2 Å². The zero-order valence-corrected chi connectivity index (χ0v) is 12.3. The monoisotopic (exact) mass is 281 g/mol. The van der Waals surface area contributed by atoms with Crippen molar-refractivity contribution in [3.05, 3.63) is 29.8 Å². The quantitative estimate of drug-likeness (QED) is 0.834. The minimum atomic E-state index is -3.21. The van der Waals surface area contributed by atoms with E-state index in [1.807, 2.05) is 4.90 Å². The fourth-order valence-corrected chi connectivity index (χ4v) is 3.11. The summed E-state index contributed by atoms with van der Waals surface area (Å²) in [6, 6.07) is 6.16. The molecular formula is C14H19NO3S. The molecular weight excluding hydrogens is 262 g/mol. The van der Waals surface area contributed by atoms with Crippen molar-refractivity contribution in [1.29, 1.82) is 0 Å². The van der Waals surface area contributed by atoms with Gasteiger partial charge in [-0.05, 0) is 51.0 Å². The fourth-order valence-electron chi connectivity index (χ4n) is 2.48. The molecule has 1 aliphatic heterocycles. The maximum atomic E-state index is 12.4. The zero-order chi connectivity index (χ0) is 14.3. The number of hydrogen-bond donors (Lipinski definition) is 0. The summed E-state index contributed by atoms with van der Waals surface area (Å²) >= 11 is 0. The maximum Gasteiger partial charge on any atom is 0.254 e. The van der Waals surface area contributed by atoms with Gasteiger partial charge in [0.15, 0.2) is 9.84 Å². The van der Waals surface area contributed by atoms with Gasteiger partial charge in [0.05, 0.1) is 4.90 Å². The van der Waals surface area contributed by atoms with Crippen LogP contribution in [-0.2, 0) is 9.84 Å². The second-order valence-electron chi connectivity index (χ2n) is 5.67. The number of amides is 1. The lowest BCUT2D eigenvalue weighted by atomic mass is 10.0. The summed E-state index contributed by atoms with van der Waals surface area (Å²) in [5.74, 6) is -0.0254. The van der Waals surface area contributed by atoms with Gasteiger partial charge in [-0.3, -0.25) is 4.79 Å². The molecule has 1 aliphatic rings. The Morgan fingerprint density at radius 2 is 1.79 bits per heavy atom. The molecule has 1 saturated heterocycles. The lowest BCUT2D eigenvalue weighted by Gasteiger charge is -2.31. The Bertz CT molecular complexity index is 588. The van der Waals surface area contributed by atoms with E-state index in [1.165, 1.54) is 12.1 Å². The standard InChI is InChI=1S/C14H19NO3S/c1-14(2)9-4-10-15(14)13(16)11-5-7-12(8-6-11)19(3,17)18/h5-8H,4,9-10H2,1-3H3. The minimum absolute atomic E-state index is 0.0254. The molecule has 2 rings (SSSR count). The number of hydrogen-bond acceptors (Lipinski definition) is 3. The van der Waals surface area contributed by atoms with Gasteiger partial charge in [-0.2, -0.15) is 0 Å². The topological polar surface area (TPSA) is 54.5 Å². The molecule has 4 nitrogen and oxygen atoms in total. The maximum absolute atomic E-state index is 12.4. The van der Waals surface area contributed by atoms with Crippen LogP contribution >= 0.6 is 0 Å². The SMILES string of the molecule is CC1(C)CCCN1C(=O)c1ccc(S(C)(=O)=O)cc1. The summed E-state index contributed by atoms with van der Waals surface area (Å²) in [4.78, 5) is 14.5. The average Bonchev–Trinajstić information content (AvgIpc) is 2.67. The predicted octanol–water partition coefficient (Wildman–Crippen LogP) is 2.10. The molecule has 0 aromatic heterocycles. The first kappa shape index (κ1) is 14.1. The van der Waals surface area contributed by atoms with Crippen LogP contribution in [0.4, 0.5) is 0 Å². The van der Waals surface area contributed by atoms with Gasteiger partial charge in [0.1, 0.15) is 0 Å². The highest BCUT2D eigenvalue weighted by molar-refractivity contribution is 7.90. The van der Waals surface area contributed by atoms with E-state index in [-0.39, 0.29) is 16.3 Å². The molecule has 0 atom stereocenters. The van der Waals surface area contributed by atoms with E-state index in [0.29, 0.717) is 5.56 Å². The smallest absolute Gasteiger partial charge is 0.254 e. The third kappa shape index (κ3) is 2.81. The van der Waals surface area contributed by atoms with Gasteiger partial charge in [0, 0.05) is 23.9 Å². The molecule has 1 heterocycles. The molecule has 1 fully saturated rings. The first-order valence-electron chi connectivity index (χ1n) is 6.34. The summed E-state index contributed by atoms with van der Waals surface area (Å²) in [7, 11) is -3.21. The van der Waals surface area contributed by atoms with Crippen LogP contribution < -0.4 is 0 Å². The molecule has 0 radical (unpaired) electrons. The molecule has 0 spiro atoms. The Hall–Kier alpha value is -1.36. The second kappa shape index (κ2) is 4.63. The molecule has 104 valence electrons. The van der Waals surface area contributed by atoms with Gasteiger partial charge in [0.25, 0.3) is 5.91 Å². The Labute approximate surface area is 114 Å². The largest absolute Gasteiger partial charge is 0.334 e. The summed E-state index contributed by atoms with van der Waals surface area (Å²) in [6.07, 6.45) is 3.17. The van der Waals surface area contributed by atoms with Crippen LogP contribution in [0.15, 0.2) is 29.2 Å². The molecule has 1 amide bonds. The van der Waals surface area contributed by atoms with Crippen molar-refractivity contribution in [2.75, 3.05) is 12.8 Å². The summed E-state index contributed by atoms with van der Waals surface area (Å²) < 4.78 is 22.8. The van der Waals surface area contributed by atoms with Crippen LogP contribution in [0.2, 0.25) is 0 Å². The van der Waals surface area contributed by atoms with Gasteiger partial charge < -0.3 is 4.90 Å². The van der Waals surface area contributed by atoms with Crippen molar-refractivity contribution in [3.63, 3.8) is 0 Å². The minimum Gasteiger partial charge on any atom is -0.334 e. The normalized spacial score (nSPS) is 18.6. The Balaban J connectivity index is 2.26. The van der Waals surface area contributed by atoms with Crippen molar-refractivity contribution in [1.82, 2.24) is 4.90 Å². The number of carbonyl (C=O) groups is 1. The molecule has 1 aromatic carbocycles. The van der Waals surface area contributed by atoms with Crippen LogP contribution in [0, 0.1) is 0 Å². The van der Waals surface area contributed by atoms with E-state index in [9.17, 15) is 13.2 Å². The van der Waals surface area contributed by atoms with E-state index < -0.39 is 9.84 Å². The van der Waals surface area contributed by atoms with Crippen LogP contribution in [-0.4, -0.2) is 37.6 Å². The van der Waals surface area contributed by atoms with Crippen molar-refractivity contribution >= 4 is 15.7 Å². The predicted molar refractivity (Wildman–Crippen MR) is 73.9 cm³/mol. The number of benzene rings is 1. The second-order valence-corrected chi connectivity index (χ2v) is 7.69. The van der Waals surface area contributed by atoms with Gasteiger partial charge in [0.2, 0.25) is 0 Å². The number of sulfone groups is 1. The fraction of sp³-hybridized carbons (Fsp3) is 0.500. The number of nitrogens with zero attached hydrogens (tertiary/aromatic N) is 1. The lowest BCUT2D eigenvalue weighted by molar-refractivity contribution is 0.0652. The summed E-state index contributed by atoms with van der Waals surface area (Å²) in [5.41, 5.74) is 0.425. The lowest BCUT2D eigenvalue weighted by Crippen LogP contribution is -2.42. The number of rotatable bonds is 2. The molecule has 0 unspecified atom stereocenters. The van der Waals surface area contributed by atoms with Crippen LogP contribution in [0.5, 0.6) is 0 Å². The molecule has 5 heteroatoms. The van der Waals surface area contributed by atoms with E-state index in [1.54, 1.807) is 12.1 Å². The highest BCUT2D eigenvalue weighted by Gasteiger charge is 2.35. The van der Waals surface area contributed by atoms with Crippen LogP contribution in [0.25, 0.3) is 0 Å². The van der Waals surface area contributed by atoms with Crippen molar-refractivity contribution in [2.45, 2.75) is 37.1 Å². The molecule has 0 saturated carbocycles. The third-order valence-electron chi connectivity index (χ3n) is 3.68. The Kier molecular flexibility index (Phi) is 3.43. The van der Waals surface area contributed by atoms with E-state index in [4.69, 9.17) is 0 Å². The first-order chi connectivity index (χ1) is 8.72.